The molecule has 2 aromatic rings. The second-order valence-corrected chi connectivity index (χ2v) is 5.63. The quantitative estimate of drug-likeness (QED) is 0.510. The SMILES string of the molecule is CC(C)(C)c1cc(NN)nc(-c2ccccc2[N+](=O)[O-])n1. The van der Waals surface area contributed by atoms with Gasteiger partial charge in [0.2, 0.25) is 0 Å². The number of nitrogen functional groups attached to an aromatic ring is 1. The average Bonchev–Trinajstić information content (AvgIpc) is 2.45. The number of benzene rings is 1. The number of hydrogen-bond acceptors (Lipinski definition) is 6. The van der Waals surface area contributed by atoms with E-state index < -0.39 is 4.92 Å². The Labute approximate surface area is 122 Å². The van der Waals surface area contributed by atoms with Gasteiger partial charge in [-0.15, -0.1) is 0 Å². The molecule has 7 nitrogen and oxygen atoms in total. The molecular formula is C14H17N5O2. The van der Waals surface area contributed by atoms with Crippen molar-refractivity contribution >= 4 is 11.5 Å². The third kappa shape index (κ3) is 3.14. The lowest BCUT2D eigenvalue weighted by atomic mass is 9.91. The number of nitro groups is 1. The molecule has 1 aromatic carbocycles. The second kappa shape index (κ2) is 5.45. The van der Waals surface area contributed by atoms with Crippen molar-refractivity contribution in [3.05, 3.63) is 46.1 Å². The summed E-state index contributed by atoms with van der Waals surface area (Å²) in [5.41, 5.74) is 3.33. The molecule has 0 spiro atoms. The van der Waals surface area contributed by atoms with Crippen LogP contribution in [0.3, 0.4) is 0 Å². The maximum atomic E-state index is 11.1. The summed E-state index contributed by atoms with van der Waals surface area (Å²) in [6, 6.07) is 8.11. The Bertz CT molecular complexity index is 679. The van der Waals surface area contributed by atoms with Crippen molar-refractivity contribution in [2.75, 3.05) is 5.43 Å². The minimum atomic E-state index is -0.446. The Morgan fingerprint density at radius 1 is 1.24 bits per heavy atom. The normalized spacial score (nSPS) is 11.2. The summed E-state index contributed by atoms with van der Waals surface area (Å²) in [4.78, 5) is 19.4. The second-order valence-electron chi connectivity index (χ2n) is 5.63. The Morgan fingerprint density at radius 3 is 2.48 bits per heavy atom. The van der Waals surface area contributed by atoms with Gasteiger partial charge in [0.05, 0.1) is 16.2 Å². The van der Waals surface area contributed by atoms with E-state index >= 15 is 0 Å². The first-order chi connectivity index (χ1) is 9.82. The van der Waals surface area contributed by atoms with Crippen LogP contribution in [-0.2, 0) is 5.41 Å². The lowest BCUT2D eigenvalue weighted by molar-refractivity contribution is -0.384. The first-order valence-corrected chi connectivity index (χ1v) is 6.43. The van der Waals surface area contributed by atoms with Gasteiger partial charge < -0.3 is 5.43 Å². The van der Waals surface area contributed by atoms with Gasteiger partial charge in [-0.2, -0.15) is 0 Å². The van der Waals surface area contributed by atoms with Gasteiger partial charge in [-0.05, 0) is 6.07 Å². The van der Waals surface area contributed by atoms with Crippen molar-refractivity contribution < 1.29 is 4.92 Å². The number of nitrogens with one attached hydrogen (secondary N) is 1. The van der Waals surface area contributed by atoms with Gasteiger partial charge in [0, 0.05) is 17.5 Å². The van der Waals surface area contributed by atoms with E-state index in [-0.39, 0.29) is 16.9 Å². The number of hydrazine groups is 1. The predicted octanol–water partition coefficient (Wildman–Crippen LogP) is 2.63. The van der Waals surface area contributed by atoms with Gasteiger partial charge in [-0.1, -0.05) is 32.9 Å². The summed E-state index contributed by atoms with van der Waals surface area (Å²) in [7, 11) is 0. The van der Waals surface area contributed by atoms with E-state index in [2.05, 4.69) is 15.4 Å². The van der Waals surface area contributed by atoms with Gasteiger partial charge in [0.15, 0.2) is 5.82 Å². The lowest BCUT2D eigenvalue weighted by Gasteiger charge is -2.19. The highest BCUT2D eigenvalue weighted by Gasteiger charge is 2.22. The molecular weight excluding hydrogens is 270 g/mol. The molecule has 2 rings (SSSR count). The number of para-hydroxylation sites is 1. The number of hydrogen-bond donors (Lipinski definition) is 2. The molecule has 3 N–H and O–H groups in total. The molecule has 110 valence electrons. The number of rotatable bonds is 3. The molecule has 0 atom stereocenters. The number of aromatic nitrogens is 2. The minimum absolute atomic E-state index is 0.0356. The van der Waals surface area contributed by atoms with E-state index in [0.29, 0.717) is 11.4 Å². The Kier molecular flexibility index (Phi) is 3.86. The monoisotopic (exact) mass is 287 g/mol. The summed E-state index contributed by atoms with van der Waals surface area (Å²) in [5.74, 6) is 6.13. The fourth-order valence-corrected chi connectivity index (χ4v) is 1.85. The van der Waals surface area contributed by atoms with Crippen LogP contribution in [-0.4, -0.2) is 14.9 Å². The summed E-state index contributed by atoms with van der Waals surface area (Å²) >= 11 is 0. The van der Waals surface area contributed by atoms with Crippen LogP contribution in [0.1, 0.15) is 26.5 Å². The Hall–Kier alpha value is -2.54. The van der Waals surface area contributed by atoms with Gasteiger partial charge in [-0.3, -0.25) is 10.1 Å². The maximum Gasteiger partial charge on any atom is 0.280 e. The first kappa shape index (κ1) is 14.9. The largest absolute Gasteiger partial charge is 0.308 e. The third-order valence-corrected chi connectivity index (χ3v) is 2.98. The van der Waals surface area contributed by atoms with Gasteiger partial charge in [0.1, 0.15) is 5.82 Å². The zero-order valence-electron chi connectivity index (χ0n) is 12.1. The topological polar surface area (TPSA) is 107 Å². The van der Waals surface area contributed by atoms with Crippen molar-refractivity contribution in [3.63, 3.8) is 0 Å². The van der Waals surface area contributed by atoms with Crippen molar-refractivity contribution in [1.29, 1.82) is 0 Å². The average molecular weight is 287 g/mol. The summed E-state index contributed by atoms with van der Waals surface area (Å²) in [6.45, 7) is 6.00. The highest BCUT2D eigenvalue weighted by atomic mass is 16.6. The van der Waals surface area contributed by atoms with Crippen molar-refractivity contribution in [2.45, 2.75) is 26.2 Å². The van der Waals surface area contributed by atoms with Crippen LogP contribution < -0.4 is 11.3 Å². The van der Waals surface area contributed by atoms with E-state index in [1.165, 1.54) is 6.07 Å². The van der Waals surface area contributed by atoms with E-state index in [1.807, 2.05) is 20.8 Å². The fourth-order valence-electron chi connectivity index (χ4n) is 1.85. The molecule has 7 heteroatoms. The molecule has 0 saturated carbocycles. The number of nitrogens with zero attached hydrogens (tertiary/aromatic N) is 3. The standard InChI is InChI=1S/C14H17N5O2/c1-14(2,3)11-8-12(18-15)17-13(16-11)9-6-4-5-7-10(9)19(20)21/h4-8H,15H2,1-3H3,(H,16,17,18). The smallest absolute Gasteiger partial charge is 0.280 e. The molecule has 1 heterocycles. The van der Waals surface area contributed by atoms with Crippen LogP contribution in [0.4, 0.5) is 11.5 Å². The summed E-state index contributed by atoms with van der Waals surface area (Å²) in [6.07, 6.45) is 0. The lowest BCUT2D eigenvalue weighted by Crippen LogP contribution is -2.17. The van der Waals surface area contributed by atoms with Crippen LogP contribution in [0.2, 0.25) is 0 Å². The number of nitrogens with two attached hydrogens (primary N) is 1. The number of anilines is 1. The highest BCUT2D eigenvalue weighted by Crippen LogP contribution is 2.30. The van der Waals surface area contributed by atoms with Crippen LogP contribution in [0.15, 0.2) is 30.3 Å². The maximum absolute atomic E-state index is 11.1. The molecule has 0 unspecified atom stereocenters. The van der Waals surface area contributed by atoms with Crippen LogP contribution in [0.25, 0.3) is 11.4 Å². The zero-order valence-corrected chi connectivity index (χ0v) is 12.1. The van der Waals surface area contributed by atoms with Crippen LogP contribution in [0.5, 0.6) is 0 Å². The molecule has 21 heavy (non-hydrogen) atoms. The molecule has 1 aromatic heterocycles. The van der Waals surface area contributed by atoms with Crippen LogP contribution >= 0.6 is 0 Å². The third-order valence-electron chi connectivity index (χ3n) is 2.98. The van der Waals surface area contributed by atoms with Crippen molar-refractivity contribution in [1.82, 2.24) is 9.97 Å². The summed E-state index contributed by atoms with van der Waals surface area (Å²) < 4.78 is 0. The minimum Gasteiger partial charge on any atom is -0.308 e. The molecule has 0 aliphatic heterocycles. The molecule has 0 fully saturated rings. The highest BCUT2D eigenvalue weighted by molar-refractivity contribution is 5.69. The molecule has 0 aliphatic rings. The fraction of sp³-hybridized carbons (Fsp3) is 0.286. The van der Waals surface area contributed by atoms with Gasteiger partial charge >= 0.3 is 0 Å². The zero-order chi connectivity index (χ0) is 15.6. The molecule has 0 radical (unpaired) electrons. The predicted molar refractivity (Wildman–Crippen MR) is 80.6 cm³/mol. The van der Waals surface area contributed by atoms with E-state index in [4.69, 9.17) is 5.84 Å². The van der Waals surface area contributed by atoms with E-state index in [0.717, 1.165) is 5.69 Å². The molecule has 0 aliphatic carbocycles. The van der Waals surface area contributed by atoms with Crippen molar-refractivity contribution in [2.24, 2.45) is 5.84 Å². The summed E-state index contributed by atoms with van der Waals surface area (Å²) in [5, 5.41) is 11.1. The van der Waals surface area contributed by atoms with E-state index in [9.17, 15) is 10.1 Å². The van der Waals surface area contributed by atoms with Crippen LogP contribution in [0, 0.1) is 10.1 Å². The molecule has 0 bridgehead atoms. The van der Waals surface area contributed by atoms with Crippen molar-refractivity contribution in [3.8, 4) is 11.4 Å². The molecule has 0 saturated heterocycles. The van der Waals surface area contributed by atoms with Gasteiger partial charge in [0.25, 0.3) is 5.69 Å². The Morgan fingerprint density at radius 2 is 1.90 bits per heavy atom. The van der Waals surface area contributed by atoms with E-state index in [1.54, 1.807) is 24.3 Å². The number of nitro benzene ring substituents is 1. The molecule has 0 amide bonds. The van der Waals surface area contributed by atoms with Gasteiger partial charge in [-0.25, -0.2) is 15.8 Å². The first-order valence-electron chi connectivity index (χ1n) is 6.43. The Balaban J connectivity index is 2.67.